The highest BCUT2D eigenvalue weighted by Gasteiger charge is 2.37. The van der Waals surface area contributed by atoms with Crippen LogP contribution in [0.3, 0.4) is 0 Å². The van der Waals surface area contributed by atoms with Crippen molar-refractivity contribution in [2.75, 3.05) is 0 Å². The van der Waals surface area contributed by atoms with E-state index in [0.717, 1.165) is 50.5 Å². The molecule has 0 nitrogen and oxygen atoms in total. The smallest absolute Gasteiger partial charge is 0.0175 e. The van der Waals surface area contributed by atoms with Crippen LogP contribution < -0.4 is 0 Å². The van der Waals surface area contributed by atoms with Crippen LogP contribution in [-0.2, 0) is 11.8 Å². The van der Waals surface area contributed by atoms with E-state index in [9.17, 15) is 0 Å². The van der Waals surface area contributed by atoms with Gasteiger partial charge in [-0.1, -0.05) is 186 Å². The van der Waals surface area contributed by atoms with Gasteiger partial charge in [0.1, 0.15) is 0 Å². The summed E-state index contributed by atoms with van der Waals surface area (Å²) in [4.78, 5) is 0. The Morgan fingerprint density at radius 3 is 2.17 bits per heavy atom. The molecule has 5 aromatic carbocycles. The molecule has 6 rings (SSSR count). The van der Waals surface area contributed by atoms with Crippen LogP contribution in [-0.4, -0.2) is 0 Å². The van der Waals surface area contributed by atoms with Gasteiger partial charge < -0.3 is 0 Å². The molecule has 0 heterocycles. The molecule has 0 amide bonds. The lowest BCUT2D eigenvalue weighted by Gasteiger charge is -2.40. The molecule has 0 saturated carbocycles. The third-order valence-corrected chi connectivity index (χ3v) is 12.3. The summed E-state index contributed by atoms with van der Waals surface area (Å²) in [5.41, 5.74) is 19.5. The third-order valence-electron chi connectivity index (χ3n) is 12.3. The molecule has 0 bridgehead atoms. The van der Waals surface area contributed by atoms with E-state index in [4.69, 9.17) is 0 Å². The van der Waals surface area contributed by atoms with Crippen molar-refractivity contribution in [1.82, 2.24) is 0 Å². The van der Waals surface area contributed by atoms with Crippen LogP contribution >= 0.6 is 0 Å². The molecular weight excluding hydrogens is 709 g/mol. The largest absolute Gasteiger partial charge is 0.124 e. The Balaban J connectivity index is 0.00000326. The predicted octanol–water partition coefficient (Wildman–Crippen LogP) is 16.8. The summed E-state index contributed by atoms with van der Waals surface area (Å²) in [6.07, 6.45) is 33.5. The Labute approximate surface area is 357 Å². The van der Waals surface area contributed by atoms with Gasteiger partial charge in [-0.2, -0.15) is 0 Å². The first kappa shape index (κ1) is 44.2. The molecule has 1 aliphatic carbocycles. The van der Waals surface area contributed by atoms with Gasteiger partial charge in [-0.3, -0.25) is 0 Å². The van der Waals surface area contributed by atoms with Crippen LogP contribution in [0.2, 0.25) is 0 Å². The van der Waals surface area contributed by atoms with Crippen molar-refractivity contribution in [2.24, 2.45) is 5.92 Å². The van der Waals surface area contributed by atoms with Crippen molar-refractivity contribution in [3.63, 3.8) is 0 Å². The maximum atomic E-state index is 4.11. The van der Waals surface area contributed by atoms with Gasteiger partial charge >= 0.3 is 0 Å². The quantitative estimate of drug-likeness (QED) is 0.0532. The van der Waals surface area contributed by atoms with Gasteiger partial charge in [-0.15, -0.1) is 12.8 Å². The summed E-state index contributed by atoms with van der Waals surface area (Å²) in [5.74, 6) is 0.373. The van der Waals surface area contributed by atoms with E-state index in [1.54, 1.807) is 5.57 Å². The second kappa shape index (κ2) is 21.2. The average Bonchev–Trinajstić information content (AvgIpc) is 3.27. The van der Waals surface area contributed by atoms with E-state index in [1.807, 2.05) is 12.2 Å². The Morgan fingerprint density at radius 2 is 1.42 bits per heavy atom. The Morgan fingerprint density at radius 1 is 0.712 bits per heavy atom. The Kier molecular flexibility index (Phi) is 15.9. The van der Waals surface area contributed by atoms with Crippen molar-refractivity contribution in [1.29, 1.82) is 0 Å². The predicted molar refractivity (Wildman–Crippen MR) is 262 cm³/mol. The molecule has 0 saturated heterocycles. The number of rotatable bonds is 16. The van der Waals surface area contributed by atoms with E-state index < -0.39 is 0 Å². The molecule has 0 aromatic heterocycles. The fourth-order valence-corrected chi connectivity index (χ4v) is 9.13. The van der Waals surface area contributed by atoms with Gasteiger partial charge in [0.2, 0.25) is 0 Å². The molecule has 2 atom stereocenters. The van der Waals surface area contributed by atoms with Crippen molar-refractivity contribution in [3.8, 4) is 57.4 Å². The zero-order chi connectivity index (χ0) is 42.4. The second-order valence-corrected chi connectivity index (χ2v) is 16.0. The molecule has 0 radical (unpaired) electrons. The third kappa shape index (κ3) is 9.87. The summed E-state index contributed by atoms with van der Waals surface area (Å²) in [6.45, 7) is 21.9. The molecule has 0 heteroatoms. The number of terminal acetylenes is 1. The standard InChI is InChI=1S/C57H62.C2H2/c1-9-14-16-29-53-44(22-11-3)25-20-32-56(53)57(8,37-15-10-2)49-36-35-45(23-12-4)55(40-49)54-39-47(34-33-41(54)6)46-26-19-27-48(38-46)50-30-21-31-51(42(50)7)52-28-18-17-24-43(52)13-5;1-2/h9-10,13-15,17-21,24-28,30-31,33-40,56H,2,5,11-12,16,22-23,29,32H2,1,3-4,6-8H3;1-2H/b14-9-,37-15-;. The maximum Gasteiger partial charge on any atom is 0.0175 e. The molecule has 300 valence electrons. The van der Waals surface area contributed by atoms with E-state index in [2.05, 4.69) is 207 Å². The minimum atomic E-state index is -0.207. The van der Waals surface area contributed by atoms with E-state index in [0.29, 0.717) is 5.92 Å². The normalized spacial score (nSPS) is 14.9. The van der Waals surface area contributed by atoms with E-state index in [1.165, 1.54) is 72.3 Å². The van der Waals surface area contributed by atoms with Gasteiger partial charge in [0.15, 0.2) is 0 Å². The maximum absolute atomic E-state index is 4.11. The molecule has 0 aliphatic heterocycles. The first-order valence-electron chi connectivity index (χ1n) is 21.6. The molecule has 0 N–H and O–H groups in total. The lowest BCUT2D eigenvalue weighted by atomic mass is 9.63. The van der Waals surface area contributed by atoms with Gasteiger partial charge in [0.25, 0.3) is 0 Å². The van der Waals surface area contributed by atoms with Crippen molar-refractivity contribution in [3.05, 3.63) is 198 Å². The zero-order valence-electron chi connectivity index (χ0n) is 36.5. The fraction of sp³-hybridized carbons (Fsp3) is 0.254. The van der Waals surface area contributed by atoms with E-state index in [-0.39, 0.29) is 5.41 Å². The lowest BCUT2D eigenvalue weighted by Crippen LogP contribution is -2.33. The van der Waals surface area contributed by atoms with Crippen molar-refractivity contribution >= 4 is 6.08 Å². The molecule has 59 heavy (non-hydrogen) atoms. The van der Waals surface area contributed by atoms with Gasteiger partial charge in [-0.25, -0.2) is 0 Å². The molecule has 0 fully saturated rings. The zero-order valence-corrected chi connectivity index (χ0v) is 36.5. The summed E-state index contributed by atoms with van der Waals surface area (Å²) in [6, 6.07) is 38.7. The number of benzene rings is 5. The fourth-order valence-electron chi connectivity index (χ4n) is 9.13. The number of hydrogen-bond donors (Lipinski definition) is 0. The second-order valence-electron chi connectivity index (χ2n) is 16.0. The lowest BCUT2D eigenvalue weighted by molar-refractivity contribution is 0.395. The van der Waals surface area contributed by atoms with Crippen molar-refractivity contribution in [2.45, 2.75) is 91.9 Å². The highest BCUT2D eigenvalue weighted by Crippen LogP contribution is 2.47. The summed E-state index contributed by atoms with van der Waals surface area (Å²) in [5, 5.41) is 0. The molecule has 5 aromatic rings. The van der Waals surface area contributed by atoms with Crippen LogP contribution in [0.25, 0.3) is 50.6 Å². The van der Waals surface area contributed by atoms with Crippen LogP contribution in [0.5, 0.6) is 0 Å². The summed E-state index contributed by atoms with van der Waals surface area (Å²) >= 11 is 0. The highest BCUT2D eigenvalue weighted by atomic mass is 14.4. The Bertz CT molecular complexity index is 2380. The van der Waals surface area contributed by atoms with Crippen LogP contribution in [0.15, 0.2) is 170 Å². The van der Waals surface area contributed by atoms with E-state index >= 15 is 0 Å². The van der Waals surface area contributed by atoms with Crippen LogP contribution in [0.1, 0.15) is 94.0 Å². The minimum absolute atomic E-state index is 0.207. The number of aryl methyl sites for hydroxylation is 2. The highest BCUT2D eigenvalue weighted by molar-refractivity contribution is 5.85. The van der Waals surface area contributed by atoms with Gasteiger partial charge in [0, 0.05) is 5.41 Å². The monoisotopic (exact) mass is 773 g/mol. The number of allylic oxidation sites excluding steroid dienone is 9. The number of hydrogen-bond acceptors (Lipinski definition) is 0. The molecular formula is C59H64. The summed E-state index contributed by atoms with van der Waals surface area (Å²) < 4.78 is 0. The SMILES string of the molecule is C#C.C=C/C=C\C(C)(c1ccc(CCC)c(-c2cc(-c3cccc(-c4cccc(-c5ccccc5C=C)c4C)c3)ccc2C)c1)C1CC=CC(CCC)=C1CC/C=C\C. The van der Waals surface area contributed by atoms with Gasteiger partial charge in [0.05, 0.1) is 0 Å². The molecule has 2 unspecified atom stereocenters. The molecule has 1 aliphatic rings. The first-order chi connectivity index (χ1) is 28.8. The molecule has 0 spiro atoms. The average molecular weight is 773 g/mol. The van der Waals surface area contributed by atoms with Gasteiger partial charge in [-0.05, 0) is 155 Å². The Hall–Kier alpha value is -5.90. The van der Waals surface area contributed by atoms with Crippen LogP contribution in [0.4, 0.5) is 0 Å². The van der Waals surface area contributed by atoms with Crippen LogP contribution in [0, 0.1) is 32.6 Å². The topological polar surface area (TPSA) is 0 Å². The minimum Gasteiger partial charge on any atom is -0.124 e. The first-order valence-corrected chi connectivity index (χ1v) is 21.6. The summed E-state index contributed by atoms with van der Waals surface area (Å²) in [7, 11) is 0. The van der Waals surface area contributed by atoms with Crippen molar-refractivity contribution < 1.29 is 0 Å².